The Morgan fingerprint density at radius 3 is 2.42 bits per heavy atom. The Labute approximate surface area is 211 Å². The Balaban J connectivity index is 1.26. The number of aliphatic hydroxyl groups is 2. The molecule has 1 fully saturated rings. The van der Waals surface area contributed by atoms with Crippen LogP contribution in [0.1, 0.15) is 68.9 Å². The Morgan fingerprint density at radius 2 is 1.72 bits per heavy atom. The van der Waals surface area contributed by atoms with E-state index in [0.29, 0.717) is 29.8 Å². The number of hydrogen-bond donors (Lipinski definition) is 3. The van der Waals surface area contributed by atoms with Crippen molar-refractivity contribution < 1.29 is 10.2 Å². The first-order valence-electron chi connectivity index (χ1n) is 12.9. The maximum Gasteiger partial charge on any atom is 0.158 e. The monoisotopic (exact) mass is 480 g/mol. The molecule has 1 aliphatic rings. The summed E-state index contributed by atoms with van der Waals surface area (Å²) in [6, 6.07) is 14.6. The molecular weight excluding hydrogens is 448 g/mol. The molecule has 4 aromatic rings. The van der Waals surface area contributed by atoms with Gasteiger partial charge in [-0.1, -0.05) is 43.0 Å². The molecule has 2 aromatic heterocycles. The quantitative estimate of drug-likeness (QED) is 0.239. The Kier molecular flexibility index (Phi) is 7.41. The number of H-pyrrole nitrogens is 1. The average molecular weight is 481 g/mol. The predicted molar refractivity (Wildman–Crippen MR) is 142 cm³/mol. The van der Waals surface area contributed by atoms with Gasteiger partial charge in [-0.2, -0.15) is 0 Å². The standard InChI is InChI=1S/C30H32N4O2/c1-2-3-4-5-20-8-15-25-26(16-20)34-30(33-25)28-19-31-27(18-32-28)24-13-11-23(12-14-24)22-9-6-21(7-10-22)17-29(35)36/h8,11-16,18-19,21-22,29,35-36H,2-3,6-7,9-10,17H2,1H3,(H,33,34). The van der Waals surface area contributed by atoms with Crippen LogP contribution >= 0.6 is 0 Å². The Bertz CT molecular complexity index is 1360. The van der Waals surface area contributed by atoms with Gasteiger partial charge in [-0.25, -0.2) is 9.97 Å². The molecular formula is C30H32N4O2. The molecule has 3 N–H and O–H groups in total. The second kappa shape index (κ2) is 11.0. The molecule has 6 nitrogen and oxygen atoms in total. The summed E-state index contributed by atoms with van der Waals surface area (Å²) in [5.74, 6) is 8.03. The van der Waals surface area contributed by atoms with Crippen molar-refractivity contribution in [1.82, 2.24) is 19.9 Å². The number of nitrogens with one attached hydrogen (secondary N) is 1. The SMILES string of the molecule is CCCC#Cc1ccc2nc(-c3cnc(-c4ccc(C5CCC(CC(O)O)CC5)cc4)cn3)[nH]c2c1. The fourth-order valence-corrected chi connectivity index (χ4v) is 5.05. The summed E-state index contributed by atoms with van der Waals surface area (Å²) in [6.07, 6.45) is 9.10. The second-order valence-electron chi connectivity index (χ2n) is 9.71. The average Bonchev–Trinajstić information content (AvgIpc) is 3.33. The highest BCUT2D eigenvalue weighted by Crippen LogP contribution is 2.37. The molecule has 2 aromatic carbocycles. The van der Waals surface area contributed by atoms with Crippen molar-refractivity contribution in [2.45, 2.75) is 64.1 Å². The van der Waals surface area contributed by atoms with Gasteiger partial charge in [0.15, 0.2) is 12.1 Å². The van der Waals surface area contributed by atoms with Gasteiger partial charge in [0.2, 0.25) is 0 Å². The van der Waals surface area contributed by atoms with Crippen LogP contribution in [0.4, 0.5) is 0 Å². The first-order valence-corrected chi connectivity index (χ1v) is 12.9. The van der Waals surface area contributed by atoms with Gasteiger partial charge in [-0.05, 0) is 67.7 Å². The van der Waals surface area contributed by atoms with E-state index < -0.39 is 6.29 Å². The van der Waals surface area contributed by atoms with Crippen molar-refractivity contribution in [2.75, 3.05) is 0 Å². The summed E-state index contributed by atoms with van der Waals surface area (Å²) < 4.78 is 0. The van der Waals surface area contributed by atoms with Crippen LogP contribution in [0.25, 0.3) is 33.8 Å². The van der Waals surface area contributed by atoms with E-state index in [2.05, 4.69) is 63.0 Å². The molecule has 0 saturated heterocycles. The lowest BCUT2D eigenvalue weighted by Crippen LogP contribution is -2.18. The molecule has 5 rings (SSSR count). The topological polar surface area (TPSA) is 94.9 Å². The molecule has 184 valence electrons. The van der Waals surface area contributed by atoms with Gasteiger partial charge in [0, 0.05) is 24.0 Å². The van der Waals surface area contributed by atoms with Crippen LogP contribution in [-0.4, -0.2) is 36.4 Å². The molecule has 1 saturated carbocycles. The minimum atomic E-state index is -1.19. The number of hydrogen-bond acceptors (Lipinski definition) is 5. The lowest BCUT2D eigenvalue weighted by atomic mass is 9.77. The van der Waals surface area contributed by atoms with Crippen molar-refractivity contribution in [2.24, 2.45) is 5.92 Å². The predicted octanol–water partition coefficient (Wildman–Crippen LogP) is 5.81. The van der Waals surface area contributed by atoms with Crippen molar-refractivity contribution in [3.63, 3.8) is 0 Å². The molecule has 0 spiro atoms. The Hall–Kier alpha value is -3.53. The summed E-state index contributed by atoms with van der Waals surface area (Å²) in [6.45, 7) is 2.13. The molecule has 0 radical (unpaired) electrons. The first-order chi connectivity index (χ1) is 17.6. The van der Waals surface area contributed by atoms with E-state index in [1.165, 1.54) is 5.56 Å². The number of aromatic nitrogens is 4. The fraction of sp³-hybridized carbons (Fsp3) is 0.367. The summed E-state index contributed by atoms with van der Waals surface area (Å²) in [5, 5.41) is 18.4. The van der Waals surface area contributed by atoms with Crippen LogP contribution in [0, 0.1) is 17.8 Å². The fourth-order valence-electron chi connectivity index (χ4n) is 5.05. The van der Waals surface area contributed by atoms with E-state index in [1.807, 2.05) is 18.2 Å². The number of imidazole rings is 1. The van der Waals surface area contributed by atoms with E-state index in [0.717, 1.165) is 66.4 Å². The number of unbranched alkanes of at least 4 members (excludes halogenated alkanes) is 1. The molecule has 0 aliphatic heterocycles. The van der Waals surface area contributed by atoms with Gasteiger partial charge >= 0.3 is 0 Å². The van der Waals surface area contributed by atoms with Gasteiger partial charge in [0.25, 0.3) is 0 Å². The zero-order chi connectivity index (χ0) is 24.9. The second-order valence-corrected chi connectivity index (χ2v) is 9.71. The third-order valence-corrected chi connectivity index (χ3v) is 7.05. The van der Waals surface area contributed by atoms with E-state index >= 15 is 0 Å². The number of aliphatic hydroxyl groups excluding tert-OH is 1. The van der Waals surface area contributed by atoms with E-state index in [4.69, 9.17) is 0 Å². The normalized spacial score (nSPS) is 17.8. The Morgan fingerprint density at radius 1 is 0.972 bits per heavy atom. The molecule has 0 amide bonds. The number of aromatic amines is 1. The number of nitrogens with zero attached hydrogens (tertiary/aromatic N) is 3. The van der Waals surface area contributed by atoms with Gasteiger partial charge < -0.3 is 15.2 Å². The number of rotatable bonds is 6. The van der Waals surface area contributed by atoms with Gasteiger partial charge in [-0.15, -0.1) is 0 Å². The van der Waals surface area contributed by atoms with Crippen LogP contribution in [-0.2, 0) is 0 Å². The highest BCUT2D eigenvalue weighted by molar-refractivity contribution is 5.80. The van der Waals surface area contributed by atoms with Gasteiger partial charge in [-0.3, -0.25) is 4.98 Å². The van der Waals surface area contributed by atoms with E-state index in [-0.39, 0.29) is 0 Å². The van der Waals surface area contributed by atoms with Gasteiger partial charge in [0.05, 0.1) is 29.1 Å². The summed E-state index contributed by atoms with van der Waals surface area (Å²) >= 11 is 0. The lowest BCUT2D eigenvalue weighted by Gasteiger charge is -2.29. The highest BCUT2D eigenvalue weighted by atomic mass is 16.5. The third-order valence-electron chi connectivity index (χ3n) is 7.05. The first kappa shape index (κ1) is 24.2. The minimum Gasteiger partial charge on any atom is -0.368 e. The van der Waals surface area contributed by atoms with Crippen LogP contribution in [0.5, 0.6) is 0 Å². The number of fused-ring (bicyclic) bond motifs is 1. The smallest absolute Gasteiger partial charge is 0.158 e. The maximum atomic E-state index is 9.22. The molecule has 0 atom stereocenters. The van der Waals surface area contributed by atoms with Crippen LogP contribution in [0.15, 0.2) is 54.9 Å². The third kappa shape index (κ3) is 5.64. The summed E-state index contributed by atoms with van der Waals surface area (Å²) in [5.41, 5.74) is 6.71. The molecule has 0 bridgehead atoms. The minimum absolute atomic E-state index is 0.419. The maximum absolute atomic E-state index is 9.22. The summed E-state index contributed by atoms with van der Waals surface area (Å²) in [4.78, 5) is 17.3. The van der Waals surface area contributed by atoms with Crippen LogP contribution in [0.2, 0.25) is 0 Å². The van der Waals surface area contributed by atoms with Crippen molar-refractivity contribution in [3.8, 4) is 34.6 Å². The summed E-state index contributed by atoms with van der Waals surface area (Å²) in [7, 11) is 0. The van der Waals surface area contributed by atoms with Gasteiger partial charge in [0.1, 0.15) is 5.69 Å². The molecule has 0 unspecified atom stereocenters. The molecule has 36 heavy (non-hydrogen) atoms. The molecule has 6 heteroatoms. The molecule has 1 aliphatic carbocycles. The zero-order valence-corrected chi connectivity index (χ0v) is 20.6. The zero-order valence-electron chi connectivity index (χ0n) is 20.6. The largest absolute Gasteiger partial charge is 0.368 e. The van der Waals surface area contributed by atoms with Crippen molar-refractivity contribution >= 4 is 11.0 Å². The van der Waals surface area contributed by atoms with Crippen molar-refractivity contribution in [3.05, 3.63) is 66.0 Å². The van der Waals surface area contributed by atoms with Crippen molar-refractivity contribution in [1.29, 1.82) is 0 Å². The lowest BCUT2D eigenvalue weighted by molar-refractivity contribution is -0.0592. The molecule has 2 heterocycles. The van der Waals surface area contributed by atoms with E-state index in [9.17, 15) is 10.2 Å². The van der Waals surface area contributed by atoms with E-state index in [1.54, 1.807) is 12.4 Å². The van der Waals surface area contributed by atoms with Crippen LogP contribution in [0.3, 0.4) is 0 Å². The number of benzene rings is 2. The highest BCUT2D eigenvalue weighted by Gasteiger charge is 2.23. The van der Waals surface area contributed by atoms with Crippen LogP contribution < -0.4 is 0 Å².